The van der Waals surface area contributed by atoms with E-state index in [9.17, 15) is 24.0 Å². The number of aromatic amines is 5. The SMILES string of the molecule is C=CC(=O)Nc1cc(OC)cc(-c2cnc3[nH]cc(-c4ccnc(C)c4)c3c2)c1.C=CC(=O)Nc1cc(OC)cc(-c2cnc3[nH]cc(-c4ccnc(OC)c4)c3c2)c1.C=CC(=O)Nc1cc(OC)cc(-c2cnc3[nH]cc(-c4ccncn4)c3c2)c1.C=CC(=O)Nc1cc(OC)cc(-c2cnc3[nH]cc(-c4cncc(C)c4)c3c2)c1.CCc1nccc(-c2c[nH]c3ncc(-c4cccc(NC(=O)/C=C/CN(C)C)c4)cc23)n1. The lowest BCUT2D eigenvalue weighted by molar-refractivity contribution is -0.112. The molecule has 738 valence electrons. The number of hydrogen-bond donors (Lipinski definition) is 10. The Hall–Kier alpha value is -19.8. The van der Waals surface area contributed by atoms with Gasteiger partial charge in [-0.3, -0.25) is 33.9 Å². The summed E-state index contributed by atoms with van der Waals surface area (Å²) in [4.78, 5) is 130. The predicted octanol–water partition coefficient (Wildman–Crippen LogP) is 22.0. The largest absolute Gasteiger partial charge is 0.497 e. The number of methoxy groups -OCH3 is 5. The number of benzene rings is 5. The van der Waals surface area contributed by atoms with Crippen LogP contribution in [0.3, 0.4) is 0 Å². The molecule has 15 heterocycles. The minimum absolute atomic E-state index is 0.152. The van der Waals surface area contributed by atoms with E-state index in [4.69, 9.17) is 23.7 Å². The normalized spacial score (nSPS) is 10.8. The number of carbonyl (C=O) groups is 5. The van der Waals surface area contributed by atoms with Crippen LogP contribution < -0.4 is 50.3 Å². The fraction of sp³-hybridized carbons (Fsp3) is 0.104. The standard InChI is InChI=1S/C25H26N6O.C23H20N4O3.2C23H20N4O2.C21H17N5O2/c1-4-23-26-11-10-22(30-23)21-16-28-25-20(21)14-18(15-27-25)17-7-5-8-19(13-17)29-24(32)9-6-12-31(2)3;1-4-21(28)27-17-7-15(8-18(11-17)29-2)16-9-19-20(13-26-23(19)25-12-16)14-5-6-24-22(10-14)30-3;1-4-22(28)27-18-6-15(7-19(9-18)29-3)16-8-20-21(13-26-23(20)25-12-16)17-5-14(2)10-24-11-17;1-4-22(28)27-18-8-16(9-19(11-18)29-3)17-10-20-21(13-26-23(20)25-12-17)15-5-6-24-14(2)7-15;1-3-20(27)26-15-6-13(7-16(9-15)28-2)14-8-17-18(11-24-21(17)23-10-14)19-4-5-22-12-25-19/h5-11,13-16H,4,12H2,1-3H3,(H,27,28)(H,29,32);4-13H,1H2,2-3H3,(H,25,26)(H,27,28);2*4-13H,1H2,2-3H3,(H,25,26)(H,27,28);3-12H,1H2,2H3,(H,23,24)(H,26,27)/b9-6+;;;;. The maximum absolute atomic E-state index is 12.2. The quantitative estimate of drug-likeness (QED) is 0.0204. The first-order valence-electron chi connectivity index (χ1n) is 46.5. The third-order valence-electron chi connectivity index (χ3n) is 23.4. The number of aromatic nitrogens is 17. The number of carbonyl (C=O) groups excluding carboxylic acids is 5. The lowest BCUT2D eigenvalue weighted by Gasteiger charge is -2.10. The zero-order valence-electron chi connectivity index (χ0n) is 82.6. The fourth-order valence-electron chi connectivity index (χ4n) is 16.1. The van der Waals surface area contributed by atoms with Crippen molar-refractivity contribution < 1.29 is 47.7 Å². The van der Waals surface area contributed by atoms with E-state index in [0.29, 0.717) is 58.2 Å². The van der Waals surface area contributed by atoms with Crippen LogP contribution in [0.5, 0.6) is 28.9 Å². The van der Waals surface area contributed by atoms with E-state index in [0.717, 1.165) is 196 Å². The van der Waals surface area contributed by atoms with Crippen molar-refractivity contribution in [3.8, 4) is 140 Å². The van der Waals surface area contributed by atoms with E-state index in [-0.39, 0.29) is 29.5 Å². The molecular formula is C115H103N23O10. The maximum Gasteiger partial charge on any atom is 0.248 e. The van der Waals surface area contributed by atoms with Crippen molar-refractivity contribution >= 4 is 113 Å². The summed E-state index contributed by atoms with van der Waals surface area (Å²) in [5.41, 5.74) is 28.0. The number of amides is 5. The number of aryl methyl sites for hydroxylation is 3. The Balaban J connectivity index is 0.000000132. The molecule has 20 aromatic rings. The minimum atomic E-state index is -0.290. The number of anilines is 5. The topological polar surface area (TPSA) is 429 Å². The van der Waals surface area contributed by atoms with Crippen LogP contribution in [-0.4, -0.2) is 175 Å². The second-order valence-electron chi connectivity index (χ2n) is 33.8. The Labute approximate surface area is 851 Å². The summed E-state index contributed by atoms with van der Waals surface area (Å²) in [6.45, 7) is 20.7. The van der Waals surface area contributed by atoms with Gasteiger partial charge in [-0.2, -0.15) is 0 Å². The predicted molar refractivity (Wildman–Crippen MR) is 583 cm³/mol. The molecule has 15 aromatic heterocycles. The lowest BCUT2D eigenvalue weighted by atomic mass is 10.0. The van der Waals surface area contributed by atoms with Gasteiger partial charge in [-0.1, -0.05) is 51.4 Å². The molecule has 33 nitrogen and oxygen atoms in total. The van der Waals surface area contributed by atoms with Gasteiger partial charge in [-0.05, 0) is 224 Å². The van der Waals surface area contributed by atoms with Gasteiger partial charge in [-0.15, -0.1) is 0 Å². The second-order valence-corrected chi connectivity index (χ2v) is 33.8. The summed E-state index contributed by atoms with van der Waals surface area (Å²) in [6.07, 6.45) is 39.9. The first-order valence-corrected chi connectivity index (χ1v) is 46.5. The molecule has 0 radical (unpaired) electrons. The van der Waals surface area contributed by atoms with Crippen LogP contribution in [0, 0.1) is 13.8 Å². The Kier molecular flexibility index (Phi) is 32.2. The van der Waals surface area contributed by atoms with Gasteiger partial charge in [0.2, 0.25) is 35.4 Å². The zero-order chi connectivity index (χ0) is 104. The first-order chi connectivity index (χ1) is 71.9. The summed E-state index contributed by atoms with van der Waals surface area (Å²) < 4.78 is 26.8. The molecule has 5 amide bonds. The number of likely N-dealkylation sites (N-methyl/N-ethyl adjacent to an activating group) is 1. The molecule has 0 bridgehead atoms. The van der Waals surface area contributed by atoms with Gasteiger partial charge < -0.3 is 80.1 Å². The third kappa shape index (κ3) is 24.8. The summed E-state index contributed by atoms with van der Waals surface area (Å²) in [7, 11) is 11.9. The van der Waals surface area contributed by atoms with Crippen molar-refractivity contribution in [3.63, 3.8) is 0 Å². The van der Waals surface area contributed by atoms with E-state index >= 15 is 0 Å². The van der Waals surface area contributed by atoms with Crippen molar-refractivity contribution in [2.75, 3.05) is 82.8 Å². The number of nitrogens with zero attached hydrogens (tertiary/aromatic N) is 13. The molecule has 0 aliphatic rings. The Morgan fingerprint density at radius 1 is 0.338 bits per heavy atom. The van der Waals surface area contributed by atoms with Gasteiger partial charge in [0.05, 0.1) is 46.9 Å². The zero-order valence-corrected chi connectivity index (χ0v) is 82.6. The average molecular weight is 1970 g/mol. The lowest BCUT2D eigenvalue weighted by Crippen LogP contribution is -2.12. The fourth-order valence-corrected chi connectivity index (χ4v) is 16.1. The Bertz CT molecular complexity index is 8200. The number of rotatable bonds is 28. The Morgan fingerprint density at radius 3 is 1.12 bits per heavy atom. The van der Waals surface area contributed by atoms with E-state index in [2.05, 4.69) is 168 Å². The monoisotopic (exact) mass is 1970 g/mol. The van der Waals surface area contributed by atoms with Gasteiger partial charge in [0.25, 0.3) is 0 Å². The molecule has 0 spiro atoms. The molecular weight excluding hydrogens is 1860 g/mol. The maximum atomic E-state index is 12.2. The molecule has 148 heavy (non-hydrogen) atoms. The second kappa shape index (κ2) is 47.2. The number of pyridine rings is 8. The number of H-pyrrole nitrogens is 5. The van der Waals surface area contributed by atoms with Crippen molar-refractivity contribution in [1.82, 2.24) is 89.6 Å². The van der Waals surface area contributed by atoms with Crippen LogP contribution >= 0.6 is 0 Å². The summed E-state index contributed by atoms with van der Waals surface area (Å²) >= 11 is 0. The van der Waals surface area contributed by atoms with Gasteiger partial charge >= 0.3 is 0 Å². The average Bonchev–Trinajstić information content (AvgIpc) is 1.64. The molecule has 5 aromatic carbocycles. The Morgan fingerprint density at radius 2 is 0.723 bits per heavy atom. The van der Waals surface area contributed by atoms with Crippen LogP contribution in [0.25, 0.3) is 167 Å². The summed E-state index contributed by atoms with van der Waals surface area (Å²) in [6, 6.07) is 53.9. The molecule has 0 saturated heterocycles. The summed E-state index contributed by atoms with van der Waals surface area (Å²) in [5.74, 6) is 2.59. The van der Waals surface area contributed by atoms with Crippen molar-refractivity contribution in [2.24, 2.45) is 0 Å². The van der Waals surface area contributed by atoms with Gasteiger partial charge in [0.15, 0.2) is 0 Å². The van der Waals surface area contributed by atoms with E-state index in [1.165, 1.54) is 30.6 Å². The molecule has 0 saturated carbocycles. The molecule has 0 unspecified atom stereocenters. The highest BCUT2D eigenvalue weighted by Gasteiger charge is 2.21. The van der Waals surface area contributed by atoms with Crippen LogP contribution in [-0.2, 0) is 30.4 Å². The number of fused-ring (bicyclic) bond motifs is 5. The van der Waals surface area contributed by atoms with Crippen molar-refractivity contribution in [2.45, 2.75) is 27.2 Å². The van der Waals surface area contributed by atoms with E-state index < -0.39 is 0 Å². The molecule has 33 heteroatoms. The molecule has 0 fully saturated rings. The minimum Gasteiger partial charge on any atom is -0.497 e. The molecule has 0 aliphatic heterocycles. The van der Waals surface area contributed by atoms with Gasteiger partial charge in [0.1, 0.15) is 63.4 Å². The van der Waals surface area contributed by atoms with Gasteiger partial charge in [-0.25, -0.2) is 49.8 Å². The summed E-state index contributed by atoms with van der Waals surface area (Å²) in [5, 5.41) is 18.9. The smallest absolute Gasteiger partial charge is 0.248 e. The molecule has 20 rings (SSSR count). The highest BCUT2D eigenvalue weighted by molar-refractivity contribution is 6.06. The number of hydrogen-bond acceptors (Lipinski definition) is 23. The molecule has 0 aliphatic carbocycles. The highest BCUT2D eigenvalue weighted by Crippen LogP contribution is 2.41. The van der Waals surface area contributed by atoms with Crippen molar-refractivity contribution in [1.29, 1.82) is 0 Å². The van der Waals surface area contributed by atoms with Crippen molar-refractivity contribution in [3.05, 3.63) is 355 Å². The molecule has 0 atom stereocenters. The van der Waals surface area contributed by atoms with Crippen LogP contribution in [0.15, 0.2) is 338 Å². The van der Waals surface area contributed by atoms with E-state index in [1.807, 2.05) is 211 Å². The van der Waals surface area contributed by atoms with Crippen LogP contribution in [0.1, 0.15) is 24.0 Å². The van der Waals surface area contributed by atoms with Crippen LogP contribution in [0.4, 0.5) is 28.4 Å². The number of nitrogens with one attached hydrogen (secondary N) is 10. The van der Waals surface area contributed by atoms with Gasteiger partial charge in [0, 0.05) is 271 Å². The number of ether oxygens (including phenoxy) is 5. The highest BCUT2D eigenvalue weighted by atomic mass is 16.5. The van der Waals surface area contributed by atoms with Crippen LogP contribution in [0.2, 0.25) is 0 Å². The first kappa shape index (κ1) is 101. The van der Waals surface area contributed by atoms with E-state index in [1.54, 1.807) is 115 Å². The molecule has 10 N–H and O–H groups in total. The third-order valence-corrected chi connectivity index (χ3v) is 23.4.